The molecule has 47 heavy (non-hydrogen) atoms. The van der Waals surface area contributed by atoms with Crippen LogP contribution in [-0.4, -0.2) is 72.3 Å². The van der Waals surface area contributed by atoms with Crippen molar-refractivity contribution >= 4 is 40.6 Å². The largest absolute Gasteiger partial charge is 0.481 e. The molecular formula is C34H36Cl2FN7O3. The van der Waals surface area contributed by atoms with Crippen LogP contribution >= 0.6 is 23.2 Å². The number of amides is 1. The fraction of sp³-hybridized carbons (Fsp3) is 0.353. The Kier molecular flexibility index (Phi) is 10.5. The Morgan fingerprint density at radius 2 is 1.85 bits per heavy atom. The molecule has 13 heteroatoms. The summed E-state index contributed by atoms with van der Waals surface area (Å²) in [6.45, 7) is 4.11. The van der Waals surface area contributed by atoms with Crippen LogP contribution in [0.3, 0.4) is 0 Å². The number of aromatic nitrogens is 3. The second-order valence-electron chi connectivity index (χ2n) is 11.8. The van der Waals surface area contributed by atoms with Crippen molar-refractivity contribution in [3.8, 4) is 28.4 Å². The highest BCUT2D eigenvalue weighted by Gasteiger charge is 2.28. The van der Waals surface area contributed by atoms with Gasteiger partial charge >= 0.3 is 0 Å². The summed E-state index contributed by atoms with van der Waals surface area (Å²) in [7, 11) is 3.26. The van der Waals surface area contributed by atoms with Crippen molar-refractivity contribution in [3.63, 3.8) is 0 Å². The van der Waals surface area contributed by atoms with Gasteiger partial charge in [0.1, 0.15) is 0 Å². The van der Waals surface area contributed by atoms with E-state index < -0.39 is 5.82 Å². The zero-order valence-corrected chi connectivity index (χ0v) is 27.7. The van der Waals surface area contributed by atoms with Crippen molar-refractivity contribution in [2.75, 3.05) is 45.8 Å². The monoisotopic (exact) mass is 679 g/mol. The summed E-state index contributed by atoms with van der Waals surface area (Å²) in [6.07, 6.45) is 4.61. The number of methoxy groups -OCH3 is 2. The molecule has 0 spiro atoms. The summed E-state index contributed by atoms with van der Waals surface area (Å²) in [6, 6.07) is 12.8. The molecule has 6 rings (SSSR count). The lowest BCUT2D eigenvalue weighted by molar-refractivity contribution is -0.119. The lowest BCUT2D eigenvalue weighted by Gasteiger charge is -2.38. The maximum atomic E-state index is 15.5. The van der Waals surface area contributed by atoms with E-state index in [2.05, 4.69) is 30.8 Å². The van der Waals surface area contributed by atoms with Crippen LogP contribution in [0.15, 0.2) is 54.9 Å². The SMILES string of the molecule is COCC1CN(Cc2ccnc(Nc3cccc(-c4nccc(-c5ccc(CNC[C@@H]6CCC(=O)N6)c(OC)n5)c4Cl)c3Cl)c2F)C1. The average Bonchev–Trinajstić information content (AvgIpc) is 3.47. The van der Waals surface area contributed by atoms with Gasteiger partial charge in [0.2, 0.25) is 11.8 Å². The molecule has 2 saturated heterocycles. The van der Waals surface area contributed by atoms with Crippen LogP contribution in [0.1, 0.15) is 24.0 Å². The van der Waals surface area contributed by atoms with E-state index >= 15 is 4.39 Å². The molecular weight excluding hydrogens is 644 g/mol. The highest BCUT2D eigenvalue weighted by atomic mass is 35.5. The Morgan fingerprint density at radius 1 is 1.02 bits per heavy atom. The second kappa shape index (κ2) is 14.9. The molecule has 10 nitrogen and oxygen atoms in total. The van der Waals surface area contributed by atoms with Crippen molar-refractivity contribution in [1.29, 1.82) is 0 Å². The van der Waals surface area contributed by atoms with Gasteiger partial charge in [-0.2, -0.15) is 0 Å². The minimum absolute atomic E-state index is 0.0854. The van der Waals surface area contributed by atoms with Crippen molar-refractivity contribution in [2.24, 2.45) is 5.92 Å². The number of ether oxygens (including phenoxy) is 2. The Bertz CT molecular complexity index is 1760. The zero-order chi connectivity index (χ0) is 32.9. The standard InChI is InChI=1S/C34H36Cl2FN7O3/c1-46-19-20-16-44(17-20)18-22-10-12-40-33(31(22)37)42-27-5-3-4-25(29(27)35)32-30(36)24(11-13-39-32)26-8-6-21(34(43-26)47-2)14-38-15-23-7-9-28(45)41-23/h3-6,8,10-13,20,23,38H,7,9,14-19H2,1-2H3,(H,40,42)(H,41,45)/t23-/m0/s1. The Hall–Kier alpha value is -3.87. The Labute approximate surface area is 283 Å². The molecule has 0 unspecified atom stereocenters. The highest BCUT2D eigenvalue weighted by Crippen LogP contribution is 2.41. The molecule has 3 N–H and O–H groups in total. The summed E-state index contributed by atoms with van der Waals surface area (Å²) in [4.78, 5) is 27.2. The van der Waals surface area contributed by atoms with Gasteiger partial charge in [-0.05, 0) is 30.7 Å². The summed E-state index contributed by atoms with van der Waals surface area (Å²) < 4.78 is 26.4. The van der Waals surface area contributed by atoms with Crippen molar-refractivity contribution in [2.45, 2.75) is 32.0 Å². The van der Waals surface area contributed by atoms with Crippen LogP contribution in [0.4, 0.5) is 15.9 Å². The molecule has 0 aliphatic carbocycles. The van der Waals surface area contributed by atoms with Crippen molar-refractivity contribution in [3.05, 3.63) is 81.8 Å². The molecule has 5 heterocycles. The van der Waals surface area contributed by atoms with Crippen molar-refractivity contribution < 1.29 is 18.7 Å². The molecule has 1 atom stereocenters. The number of hydrogen-bond donors (Lipinski definition) is 3. The quantitative estimate of drug-likeness (QED) is 0.160. The first-order valence-electron chi connectivity index (χ1n) is 15.4. The molecule has 0 radical (unpaired) electrons. The minimum atomic E-state index is -0.425. The lowest BCUT2D eigenvalue weighted by atomic mass is 10.0. The Morgan fingerprint density at radius 3 is 2.62 bits per heavy atom. The van der Waals surface area contributed by atoms with Gasteiger partial charge < -0.3 is 25.4 Å². The number of pyridine rings is 3. The third kappa shape index (κ3) is 7.50. The number of nitrogens with zero attached hydrogens (tertiary/aromatic N) is 4. The first-order chi connectivity index (χ1) is 22.8. The lowest BCUT2D eigenvalue weighted by Crippen LogP contribution is -2.47. The van der Waals surface area contributed by atoms with Crippen LogP contribution in [0, 0.1) is 11.7 Å². The first kappa shape index (κ1) is 33.0. The number of nitrogens with one attached hydrogen (secondary N) is 3. The van der Waals surface area contributed by atoms with Crippen LogP contribution in [0.2, 0.25) is 10.0 Å². The average molecular weight is 681 g/mol. The van der Waals surface area contributed by atoms with E-state index in [9.17, 15) is 4.79 Å². The van der Waals surface area contributed by atoms with Gasteiger partial charge in [0.05, 0.1) is 40.8 Å². The molecule has 0 saturated carbocycles. The first-order valence-corrected chi connectivity index (χ1v) is 16.2. The number of carbonyl (C=O) groups is 1. The molecule has 2 aliphatic rings. The van der Waals surface area contributed by atoms with Crippen molar-refractivity contribution in [1.82, 2.24) is 30.5 Å². The summed E-state index contributed by atoms with van der Waals surface area (Å²) in [5.74, 6) is 0.684. The predicted octanol–water partition coefficient (Wildman–Crippen LogP) is 5.85. The number of hydrogen-bond acceptors (Lipinski definition) is 9. The van der Waals surface area contributed by atoms with Gasteiger partial charge in [0.25, 0.3) is 0 Å². The third-order valence-corrected chi connectivity index (χ3v) is 9.18. The summed E-state index contributed by atoms with van der Waals surface area (Å²) in [5, 5.41) is 10.1. The highest BCUT2D eigenvalue weighted by molar-refractivity contribution is 6.39. The predicted molar refractivity (Wildman–Crippen MR) is 180 cm³/mol. The number of likely N-dealkylation sites (tertiary alicyclic amines) is 1. The molecule has 2 fully saturated rings. The molecule has 0 bridgehead atoms. The van der Waals surface area contributed by atoms with Crippen LogP contribution < -0.4 is 20.7 Å². The molecule has 246 valence electrons. The number of carbonyl (C=O) groups excluding carboxylic acids is 1. The fourth-order valence-corrected chi connectivity index (χ4v) is 6.56. The maximum absolute atomic E-state index is 15.5. The van der Waals surface area contributed by atoms with Gasteiger partial charge in [0, 0.05) is 92.9 Å². The molecule has 2 aliphatic heterocycles. The van der Waals surface area contributed by atoms with Gasteiger partial charge in [-0.25, -0.2) is 14.4 Å². The molecule has 1 aromatic carbocycles. The number of anilines is 2. The van der Waals surface area contributed by atoms with E-state index in [4.69, 9.17) is 37.7 Å². The number of rotatable bonds is 13. The van der Waals surface area contributed by atoms with Gasteiger partial charge in [-0.3, -0.25) is 14.7 Å². The van der Waals surface area contributed by atoms with Gasteiger partial charge in [0.15, 0.2) is 11.6 Å². The second-order valence-corrected chi connectivity index (χ2v) is 12.5. The fourth-order valence-electron chi connectivity index (χ4n) is 5.99. The van der Waals surface area contributed by atoms with E-state index in [-0.39, 0.29) is 17.8 Å². The summed E-state index contributed by atoms with van der Waals surface area (Å²) in [5.41, 5.74) is 4.16. The van der Waals surface area contributed by atoms with Crippen LogP contribution in [-0.2, 0) is 22.6 Å². The number of halogens is 3. The van der Waals surface area contributed by atoms with E-state index in [1.807, 2.05) is 18.2 Å². The van der Waals surface area contributed by atoms with Gasteiger partial charge in [-0.1, -0.05) is 41.4 Å². The van der Waals surface area contributed by atoms with E-state index in [0.717, 1.165) is 25.1 Å². The van der Waals surface area contributed by atoms with Crippen LogP contribution in [0.25, 0.3) is 22.5 Å². The number of benzene rings is 1. The van der Waals surface area contributed by atoms with Gasteiger partial charge in [-0.15, -0.1) is 0 Å². The topological polar surface area (TPSA) is 114 Å². The van der Waals surface area contributed by atoms with E-state index in [0.29, 0.717) is 88.3 Å². The Balaban J connectivity index is 1.19. The zero-order valence-electron chi connectivity index (χ0n) is 26.2. The smallest absolute Gasteiger partial charge is 0.220 e. The van der Waals surface area contributed by atoms with E-state index in [1.54, 1.807) is 50.9 Å². The molecule has 3 aromatic heterocycles. The van der Waals surface area contributed by atoms with E-state index in [1.165, 1.54) is 0 Å². The molecule has 4 aromatic rings. The summed E-state index contributed by atoms with van der Waals surface area (Å²) >= 11 is 13.8. The van der Waals surface area contributed by atoms with Crippen LogP contribution in [0.5, 0.6) is 5.88 Å². The molecule has 1 amide bonds. The third-order valence-electron chi connectivity index (χ3n) is 8.39. The minimum Gasteiger partial charge on any atom is -0.481 e. The maximum Gasteiger partial charge on any atom is 0.220 e. The normalized spacial score (nSPS) is 16.6.